The van der Waals surface area contributed by atoms with Crippen molar-refractivity contribution in [2.45, 2.75) is 32.2 Å². The third-order valence-corrected chi connectivity index (χ3v) is 2.68. The maximum Gasteiger partial charge on any atom is 0.239 e. The number of nitrogens with one attached hydrogen (secondary N) is 2. The lowest BCUT2D eigenvalue weighted by atomic mass is 9.96. The SMILES string of the molecule is CC(NC(=O)CC1CCCNC1)C(N)=O. The van der Waals surface area contributed by atoms with Crippen LogP contribution in [0.1, 0.15) is 26.2 Å². The lowest BCUT2D eigenvalue weighted by Gasteiger charge is -2.22. The Labute approximate surface area is 89.8 Å². The highest BCUT2D eigenvalue weighted by Gasteiger charge is 2.18. The predicted octanol–water partition coefficient (Wildman–Crippen LogP) is -0.634. The Balaban J connectivity index is 2.25. The van der Waals surface area contributed by atoms with E-state index < -0.39 is 11.9 Å². The molecule has 0 aromatic heterocycles. The number of piperidine rings is 1. The second kappa shape index (κ2) is 5.70. The first-order chi connectivity index (χ1) is 7.09. The molecule has 0 aromatic carbocycles. The first kappa shape index (κ1) is 12.0. The van der Waals surface area contributed by atoms with E-state index in [4.69, 9.17) is 5.73 Å². The lowest BCUT2D eigenvalue weighted by Crippen LogP contribution is -2.43. The molecule has 1 heterocycles. The monoisotopic (exact) mass is 213 g/mol. The molecule has 86 valence electrons. The fraction of sp³-hybridized carbons (Fsp3) is 0.800. The van der Waals surface area contributed by atoms with Crippen LogP contribution < -0.4 is 16.4 Å². The largest absolute Gasteiger partial charge is 0.368 e. The van der Waals surface area contributed by atoms with Crippen molar-refractivity contribution in [2.75, 3.05) is 13.1 Å². The van der Waals surface area contributed by atoms with Crippen molar-refractivity contribution in [3.05, 3.63) is 0 Å². The molecule has 0 spiro atoms. The molecule has 2 atom stereocenters. The number of carbonyl (C=O) groups excluding carboxylic acids is 2. The molecule has 0 bridgehead atoms. The molecule has 2 amide bonds. The highest BCUT2D eigenvalue weighted by atomic mass is 16.2. The quantitative estimate of drug-likeness (QED) is 0.581. The van der Waals surface area contributed by atoms with Gasteiger partial charge >= 0.3 is 0 Å². The van der Waals surface area contributed by atoms with Crippen LogP contribution in [-0.2, 0) is 9.59 Å². The number of hydrogen-bond acceptors (Lipinski definition) is 3. The van der Waals surface area contributed by atoms with Crippen LogP contribution in [0.15, 0.2) is 0 Å². The Morgan fingerprint density at radius 2 is 2.33 bits per heavy atom. The number of nitrogens with two attached hydrogens (primary N) is 1. The average molecular weight is 213 g/mol. The van der Waals surface area contributed by atoms with E-state index in [0.29, 0.717) is 12.3 Å². The van der Waals surface area contributed by atoms with Gasteiger partial charge in [-0.2, -0.15) is 0 Å². The van der Waals surface area contributed by atoms with Gasteiger partial charge in [0.05, 0.1) is 0 Å². The molecule has 0 aromatic rings. The number of hydrogen-bond donors (Lipinski definition) is 3. The van der Waals surface area contributed by atoms with Crippen LogP contribution in [0.2, 0.25) is 0 Å². The van der Waals surface area contributed by atoms with E-state index in [1.165, 1.54) is 0 Å². The third-order valence-electron chi connectivity index (χ3n) is 2.68. The van der Waals surface area contributed by atoms with E-state index in [0.717, 1.165) is 25.9 Å². The lowest BCUT2D eigenvalue weighted by molar-refractivity contribution is -0.127. The zero-order valence-electron chi connectivity index (χ0n) is 9.08. The summed E-state index contributed by atoms with van der Waals surface area (Å²) in [4.78, 5) is 22.2. The molecule has 0 saturated carbocycles. The van der Waals surface area contributed by atoms with Crippen molar-refractivity contribution in [1.82, 2.24) is 10.6 Å². The summed E-state index contributed by atoms with van der Waals surface area (Å²) >= 11 is 0. The molecule has 0 aliphatic carbocycles. The standard InChI is InChI=1S/C10H19N3O2/c1-7(10(11)15)13-9(14)5-8-3-2-4-12-6-8/h7-8,12H,2-6H2,1H3,(H2,11,15)(H,13,14). The van der Waals surface area contributed by atoms with Crippen molar-refractivity contribution in [1.29, 1.82) is 0 Å². The molecule has 1 rings (SSSR count). The molecule has 1 aliphatic rings. The minimum Gasteiger partial charge on any atom is -0.368 e. The first-order valence-electron chi connectivity index (χ1n) is 5.39. The van der Waals surface area contributed by atoms with Crippen LogP contribution in [0, 0.1) is 5.92 Å². The van der Waals surface area contributed by atoms with Gasteiger partial charge in [-0.15, -0.1) is 0 Å². The smallest absolute Gasteiger partial charge is 0.239 e. The van der Waals surface area contributed by atoms with Gasteiger partial charge in [-0.1, -0.05) is 0 Å². The first-order valence-corrected chi connectivity index (χ1v) is 5.39. The number of primary amides is 1. The van der Waals surface area contributed by atoms with Gasteiger partial charge in [0.1, 0.15) is 6.04 Å². The summed E-state index contributed by atoms with van der Waals surface area (Å²) < 4.78 is 0. The molecule has 15 heavy (non-hydrogen) atoms. The summed E-state index contributed by atoms with van der Waals surface area (Å²) in [7, 11) is 0. The van der Waals surface area contributed by atoms with Crippen molar-refractivity contribution >= 4 is 11.8 Å². The fourth-order valence-electron chi connectivity index (χ4n) is 1.73. The number of rotatable bonds is 4. The molecule has 2 unspecified atom stereocenters. The molecule has 5 heteroatoms. The van der Waals surface area contributed by atoms with Crippen LogP contribution in [0.25, 0.3) is 0 Å². The van der Waals surface area contributed by atoms with E-state index >= 15 is 0 Å². The van der Waals surface area contributed by atoms with E-state index in [2.05, 4.69) is 10.6 Å². The minimum absolute atomic E-state index is 0.0880. The topological polar surface area (TPSA) is 84.2 Å². The van der Waals surface area contributed by atoms with Gasteiger partial charge in [0.25, 0.3) is 0 Å². The van der Waals surface area contributed by atoms with Gasteiger partial charge < -0.3 is 16.4 Å². The van der Waals surface area contributed by atoms with E-state index in [1.807, 2.05) is 0 Å². The number of amides is 2. The summed E-state index contributed by atoms with van der Waals surface area (Å²) in [5.74, 6) is -0.195. The zero-order chi connectivity index (χ0) is 11.3. The summed E-state index contributed by atoms with van der Waals surface area (Å²) in [6.45, 7) is 3.52. The van der Waals surface area contributed by atoms with Gasteiger partial charge in [0.2, 0.25) is 11.8 Å². The summed E-state index contributed by atoms with van der Waals surface area (Å²) in [6, 6.07) is -0.575. The van der Waals surface area contributed by atoms with E-state index in [9.17, 15) is 9.59 Å². The molecule has 0 radical (unpaired) electrons. The Morgan fingerprint density at radius 1 is 1.60 bits per heavy atom. The van der Waals surface area contributed by atoms with Gasteiger partial charge in [-0.3, -0.25) is 9.59 Å². The Hall–Kier alpha value is -1.10. The van der Waals surface area contributed by atoms with E-state index in [-0.39, 0.29) is 5.91 Å². The Morgan fingerprint density at radius 3 is 2.87 bits per heavy atom. The van der Waals surface area contributed by atoms with Crippen LogP contribution in [0.4, 0.5) is 0 Å². The van der Waals surface area contributed by atoms with Gasteiger partial charge in [0.15, 0.2) is 0 Å². The van der Waals surface area contributed by atoms with Gasteiger partial charge in [-0.25, -0.2) is 0 Å². The van der Waals surface area contributed by atoms with Crippen molar-refractivity contribution in [2.24, 2.45) is 11.7 Å². The average Bonchev–Trinajstić information content (AvgIpc) is 2.18. The normalized spacial score (nSPS) is 23.1. The molecular formula is C10H19N3O2. The summed E-state index contributed by atoms with van der Waals surface area (Å²) in [6.07, 6.45) is 2.67. The van der Waals surface area contributed by atoms with E-state index in [1.54, 1.807) is 6.92 Å². The third kappa shape index (κ3) is 4.29. The maximum atomic E-state index is 11.5. The zero-order valence-corrected chi connectivity index (χ0v) is 9.08. The van der Waals surface area contributed by atoms with Crippen LogP contribution in [-0.4, -0.2) is 30.9 Å². The second-order valence-electron chi connectivity index (χ2n) is 4.11. The second-order valence-corrected chi connectivity index (χ2v) is 4.11. The number of carbonyl (C=O) groups is 2. The summed E-state index contributed by atoms with van der Waals surface area (Å²) in [5, 5.41) is 5.83. The fourth-order valence-corrected chi connectivity index (χ4v) is 1.73. The summed E-state index contributed by atoms with van der Waals surface area (Å²) in [5.41, 5.74) is 5.05. The molecule has 1 fully saturated rings. The van der Waals surface area contributed by atoms with Crippen molar-refractivity contribution in [3.8, 4) is 0 Å². The molecule has 1 saturated heterocycles. The van der Waals surface area contributed by atoms with Crippen LogP contribution in [0.5, 0.6) is 0 Å². The van der Waals surface area contributed by atoms with Crippen molar-refractivity contribution in [3.63, 3.8) is 0 Å². The highest BCUT2D eigenvalue weighted by molar-refractivity contribution is 5.86. The highest BCUT2D eigenvalue weighted by Crippen LogP contribution is 2.13. The molecule has 1 aliphatic heterocycles. The Kier molecular flexibility index (Phi) is 4.55. The predicted molar refractivity (Wildman–Crippen MR) is 57.0 cm³/mol. The van der Waals surface area contributed by atoms with Crippen molar-refractivity contribution < 1.29 is 9.59 Å². The van der Waals surface area contributed by atoms with Crippen LogP contribution >= 0.6 is 0 Å². The van der Waals surface area contributed by atoms with Gasteiger partial charge in [0, 0.05) is 6.42 Å². The Bertz CT molecular complexity index is 237. The van der Waals surface area contributed by atoms with Gasteiger partial charge in [-0.05, 0) is 38.8 Å². The minimum atomic E-state index is -0.575. The van der Waals surface area contributed by atoms with Crippen LogP contribution in [0.3, 0.4) is 0 Å². The molecule has 5 nitrogen and oxygen atoms in total. The molecule has 4 N–H and O–H groups in total. The molecular weight excluding hydrogens is 194 g/mol. The maximum absolute atomic E-state index is 11.5.